The predicted octanol–water partition coefficient (Wildman–Crippen LogP) is 4.54. The van der Waals surface area contributed by atoms with Crippen LogP contribution in [0.15, 0.2) is 57.7 Å². The van der Waals surface area contributed by atoms with E-state index < -0.39 is 0 Å². The van der Waals surface area contributed by atoms with Gasteiger partial charge in [-0.1, -0.05) is 39.7 Å². The Balaban J connectivity index is 2.09. The Hall–Kier alpha value is -2.07. The molecule has 0 atom stereocenters. The van der Waals surface area contributed by atoms with Crippen LogP contribution in [0.25, 0.3) is 22.1 Å². The zero-order valence-corrected chi connectivity index (χ0v) is 13.7. The first kappa shape index (κ1) is 14.9. The van der Waals surface area contributed by atoms with Crippen LogP contribution in [0.5, 0.6) is 5.75 Å². The van der Waals surface area contributed by atoms with Crippen LogP contribution in [0.2, 0.25) is 0 Å². The van der Waals surface area contributed by atoms with E-state index in [1.165, 1.54) is 0 Å². The number of ether oxygens (including phenoxy) is 1. The van der Waals surface area contributed by atoms with Gasteiger partial charge < -0.3 is 9.15 Å². The van der Waals surface area contributed by atoms with E-state index in [0.29, 0.717) is 17.8 Å². The van der Waals surface area contributed by atoms with Crippen molar-refractivity contribution < 1.29 is 9.15 Å². The molecule has 0 fully saturated rings. The molecule has 0 N–H and O–H groups in total. The summed E-state index contributed by atoms with van der Waals surface area (Å²) < 4.78 is 11.0. The monoisotopic (exact) mass is 358 g/mol. The summed E-state index contributed by atoms with van der Waals surface area (Å²) in [5, 5.41) is 1.68. The highest BCUT2D eigenvalue weighted by Crippen LogP contribution is 2.25. The Kier molecular flexibility index (Phi) is 4.29. The van der Waals surface area contributed by atoms with Gasteiger partial charge in [-0.05, 0) is 42.8 Å². The van der Waals surface area contributed by atoms with Gasteiger partial charge in [-0.15, -0.1) is 0 Å². The molecule has 0 aliphatic carbocycles. The van der Waals surface area contributed by atoms with Gasteiger partial charge in [-0.2, -0.15) is 0 Å². The van der Waals surface area contributed by atoms with Crippen molar-refractivity contribution in [2.75, 3.05) is 11.9 Å². The van der Waals surface area contributed by atoms with Crippen LogP contribution in [0.4, 0.5) is 0 Å². The first-order chi connectivity index (χ1) is 10.7. The third-order valence-corrected chi connectivity index (χ3v) is 3.70. The molecule has 0 unspecified atom stereocenters. The molecule has 112 valence electrons. The summed E-state index contributed by atoms with van der Waals surface area (Å²) in [6, 6.07) is 15.1. The highest BCUT2D eigenvalue weighted by molar-refractivity contribution is 9.09. The normalized spacial score (nSPS) is 10.8. The molecular weight excluding hydrogens is 344 g/mol. The maximum Gasteiger partial charge on any atom is 0.344 e. The van der Waals surface area contributed by atoms with E-state index in [9.17, 15) is 4.79 Å². The SMILES string of the molecule is Cc1ccc2oc(=O)c(-c3cccc(OCCBr)c3)cc2c1. The molecule has 0 saturated heterocycles. The number of hydrogen-bond acceptors (Lipinski definition) is 3. The molecule has 0 bridgehead atoms. The molecule has 4 heteroatoms. The molecule has 0 aliphatic rings. The molecular formula is C18H15BrO3. The standard InChI is InChI=1S/C18H15BrO3/c1-12-5-6-17-14(9-12)11-16(18(20)22-17)13-3-2-4-15(10-13)21-8-7-19/h2-6,9-11H,7-8H2,1H3. The van der Waals surface area contributed by atoms with Gasteiger partial charge in [-0.3, -0.25) is 0 Å². The van der Waals surface area contributed by atoms with E-state index in [-0.39, 0.29) is 5.63 Å². The molecule has 3 nitrogen and oxygen atoms in total. The molecule has 0 radical (unpaired) electrons. The fourth-order valence-corrected chi connectivity index (χ4v) is 2.52. The zero-order chi connectivity index (χ0) is 15.5. The predicted molar refractivity (Wildman–Crippen MR) is 91.9 cm³/mol. The average molecular weight is 359 g/mol. The molecule has 3 aromatic rings. The van der Waals surface area contributed by atoms with Crippen molar-refractivity contribution in [3.63, 3.8) is 0 Å². The van der Waals surface area contributed by atoms with Crippen LogP contribution in [-0.2, 0) is 0 Å². The quantitative estimate of drug-likeness (QED) is 0.507. The summed E-state index contributed by atoms with van der Waals surface area (Å²) in [5.41, 5.74) is 2.73. The highest BCUT2D eigenvalue weighted by atomic mass is 79.9. The summed E-state index contributed by atoms with van der Waals surface area (Å²) in [6.07, 6.45) is 0. The molecule has 0 spiro atoms. The van der Waals surface area contributed by atoms with Gasteiger partial charge >= 0.3 is 5.63 Å². The van der Waals surface area contributed by atoms with Gasteiger partial charge in [0, 0.05) is 10.7 Å². The molecule has 22 heavy (non-hydrogen) atoms. The molecule has 1 aromatic heterocycles. The fourth-order valence-electron chi connectivity index (χ4n) is 2.35. The molecule has 3 rings (SSSR count). The number of fused-ring (bicyclic) bond motifs is 1. The molecule has 0 aliphatic heterocycles. The van der Waals surface area contributed by atoms with E-state index in [4.69, 9.17) is 9.15 Å². The summed E-state index contributed by atoms with van der Waals surface area (Å²) >= 11 is 3.33. The number of alkyl halides is 1. The van der Waals surface area contributed by atoms with E-state index >= 15 is 0 Å². The van der Waals surface area contributed by atoms with Gasteiger partial charge in [0.15, 0.2) is 0 Å². The number of halogens is 1. The van der Waals surface area contributed by atoms with E-state index in [2.05, 4.69) is 15.9 Å². The topological polar surface area (TPSA) is 39.4 Å². The Morgan fingerprint density at radius 2 is 2.00 bits per heavy atom. The van der Waals surface area contributed by atoms with Crippen molar-refractivity contribution in [3.8, 4) is 16.9 Å². The smallest absolute Gasteiger partial charge is 0.344 e. The van der Waals surface area contributed by atoms with Crippen molar-refractivity contribution in [3.05, 3.63) is 64.5 Å². The van der Waals surface area contributed by atoms with Crippen molar-refractivity contribution in [2.24, 2.45) is 0 Å². The lowest BCUT2D eigenvalue weighted by atomic mass is 10.0. The summed E-state index contributed by atoms with van der Waals surface area (Å²) in [4.78, 5) is 12.2. The van der Waals surface area contributed by atoms with Gasteiger partial charge in [0.2, 0.25) is 0 Å². The zero-order valence-electron chi connectivity index (χ0n) is 12.1. The van der Waals surface area contributed by atoms with Gasteiger partial charge in [0.25, 0.3) is 0 Å². The van der Waals surface area contributed by atoms with E-state index in [0.717, 1.165) is 27.6 Å². The first-order valence-corrected chi connectivity index (χ1v) is 8.13. The Labute approximate surface area is 136 Å². The average Bonchev–Trinajstić information content (AvgIpc) is 2.53. The second kappa shape index (κ2) is 6.36. The van der Waals surface area contributed by atoms with Crippen LogP contribution in [0.3, 0.4) is 0 Å². The maximum atomic E-state index is 12.2. The van der Waals surface area contributed by atoms with Crippen LogP contribution < -0.4 is 10.4 Å². The third kappa shape index (κ3) is 3.07. The van der Waals surface area contributed by atoms with Crippen LogP contribution in [0.1, 0.15) is 5.56 Å². The van der Waals surface area contributed by atoms with Crippen molar-refractivity contribution in [2.45, 2.75) is 6.92 Å². The summed E-state index contributed by atoms with van der Waals surface area (Å²) in [5.74, 6) is 0.737. The Morgan fingerprint density at radius 1 is 1.14 bits per heavy atom. The minimum Gasteiger partial charge on any atom is -0.493 e. The van der Waals surface area contributed by atoms with Crippen LogP contribution in [-0.4, -0.2) is 11.9 Å². The van der Waals surface area contributed by atoms with Crippen LogP contribution in [0, 0.1) is 6.92 Å². The second-order valence-corrected chi connectivity index (χ2v) is 5.85. The molecule has 1 heterocycles. The van der Waals surface area contributed by atoms with Crippen molar-refractivity contribution in [1.29, 1.82) is 0 Å². The number of aryl methyl sites for hydroxylation is 1. The van der Waals surface area contributed by atoms with Gasteiger partial charge in [0.1, 0.15) is 11.3 Å². The lowest BCUT2D eigenvalue weighted by molar-refractivity contribution is 0.345. The van der Waals surface area contributed by atoms with Gasteiger partial charge in [0.05, 0.1) is 12.2 Å². The maximum absolute atomic E-state index is 12.2. The second-order valence-electron chi connectivity index (χ2n) is 5.05. The first-order valence-electron chi connectivity index (χ1n) is 7.01. The van der Waals surface area contributed by atoms with Crippen molar-refractivity contribution >= 4 is 26.9 Å². The number of rotatable bonds is 4. The van der Waals surface area contributed by atoms with Gasteiger partial charge in [-0.25, -0.2) is 4.79 Å². The largest absolute Gasteiger partial charge is 0.493 e. The molecule has 0 amide bonds. The van der Waals surface area contributed by atoms with Crippen molar-refractivity contribution in [1.82, 2.24) is 0 Å². The van der Waals surface area contributed by atoms with E-state index in [1.54, 1.807) is 0 Å². The lowest BCUT2D eigenvalue weighted by Crippen LogP contribution is -2.03. The minimum atomic E-state index is -0.339. The third-order valence-electron chi connectivity index (χ3n) is 3.38. The Morgan fingerprint density at radius 3 is 2.82 bits per heavy atom. The van der Waals surface area contributed by atoms with E-state index in [1.807, 2.05) is 55.5 Å². The minimum absolute atomic E-state index is 0.339. The van der Waals surface area contributed by atoms with Crippen LogP contribution >= 0.6 is 15.9 Å². The molecule has 0 saturated carbocycles. The highest BCUT2D eigenvalue weighted by Gasteiger charge is 2.09. The Bertz CT molecular complexity index is 868. The molecule has 2 aromatic carbocycles. The number of benzene rings is 2. The summed E-state index contributed by atoms with van der Waals surface area (Å²) in [7, 11) is 0. The fraction of sp³-hybridized carbons (Fsp3) is 0.167. The lowest BCUT2D eigenvalue weighted by Gasteiger charge is -2.07. The summed E-state index contributed by atoms with van der Waals surface area (Å²) in [6.45, 7) is 2.59. The number of hydrogen-bond donors (Lipinski definition) is 0.